The van der Waals surface area contributed by atoms with Crippen LogP contribution in [0.1, 0.15) is 49.1 Å². The van der Waals surface area contributed by atoms with Gasteiger partial charge in [0.2, 0.25) is 0 Å². The van der Waals surface area contributed by atoms with E-state index >= 15 is 0 Å². The molecule has 0 aromatic heterocycles. The number of nitrogens with one attached hydrogen (secondary N) is 1. The number of nitrogens with two attached hydrogens (primary N) is 1. The van der Waals surface area contributed by atoms with E-state index in [4.69, 9.17) is 10.8 Å². The number of halogens is 1. The second-order valence-electron chi connectivity index (χ2n) is 6.05. The third kappa shape index (κ3) is 4.82. The van der Waals surface area contributed by atoms with Crippen LogP contribution in [0.2, 0.25) is 0 Å². The molecular formula is C20H29FN2OS. The summed E-state index contributed by atoms with van der Waals surface area (Å²) in [7, 11) is 1.00. The minimum absolute atomic E-state index is 0.256. The van der Waals surface area contributed by atoms with E-state index in [1.807, 2.05) is 32.0 Å². The van der Waals surface area contributed by atoms with Crippen LogP contribution < -0.4 is 10.5 Å². The first-order chi connectivity index (χ1) is 12.0. The van der Waals surface area contributed by atoms with E-state index < -0.39 is 11.6 Å². The van der Waals surface area contributed by atoms with Crippen LogP contribution in [0.25, 0.3) is 0 Å². The van der Waals surface area contributed by atoms with Crippen LogP contribution in [0.15, 0.2) is 42.5 Å². The van der Waals surface area contributed by atoms with Crippen LogP contribution in [0, 0.1) is 5.82 Å². The summed E-state index contributed by atoms with van der Waals surface area (Å²) in [4.78, 5) is 0. The first-order valence-corrected chi connectivity index (χ1v) is 8.90. The molecule has 2 unspecified atom stereocenters. The Hall–Kier alpha value is -1.40. The first kappa shape index (κ1) is 21.6. The molecule has 2 aromatic rings. The molecule has 0 amide bonds. The van der Waals surface area contributed by atoms with E-state index in [2.05, 4.69) is 36.6 Å². The maximum absolute atomic E-state index is 14.6. The van der Waals surface area contributed by atoms with Crippen molar-refractivity contribution in [2.24, 2.45) is 5.73 Å². The molecule has 0 heterocycles. The number of aliphatic hydroxyl groups excluding tert-OH is 1. The molecule has 2 aromatic carbocycles. The van der Waals surface area contributed by atoms with Crippen LogP contribution in [0.5, 0.6) is 0 Å². The van der Waals surface area contributed by atoms with Crippen molar-refractivity contribution in [3.8, 4) is 0 Å². The molecule has 0 fully saturated rings. The molecule has 0 radical (unpaired) electrons. The summed E-state index contributed by atoms with van der Waals surface area (Å²) in [5.41, 5.74) is 9.35. The number of rotatable bonds is 6. The molecule has 0 saturated heterocycles. The van der Waals surface area contributed by atoms with Gasteiger partial charge in [0, 0.05) is 12.7 Å². The minimum Gasteiger partial charge on any atom is -0.400 e. The highest BCUT2D eigenvalue weighted by Crippen LogP contribution is 2.35. The highest BCUT2D eigenvalue weighted by atomic mass is 32.1. The van der Waals surface area contributed by atoms with Gasteiger partial charge in [0.15, 0.2) is 0 Å². The van der Waals surface area contributed by atoms with Gasteiger partial charge in [-0.25, -0.2) is 4.39 Å². The zero-order chi connectivity index (χ0) is 19.0. The van der Waals surface area contributed by atoms with E-state index in [1.54, 1.807) is 12.1 Å². The van der Waals surface area contributed by atoms with Crippen molar-refractivity contribution < 1.29 is 9.50 Å². The van der Waals surface area contributed by atoms with Crippen molar-refractivity contribution >= 4 is 12.8 Å². The van der Waals surface area contributed by atoms with Gasteiger partial charge in [-0.05, 0) is 42.5 Å². The normalized spacial score (nSPS) is 14.2. The summed E-state index contributed by atoms with van der Waals surface area (Å²) in [6, 6.07) is 13.0. The SMILES string of the molecule is CCc1ccc(C(N)C(C)(NS)c2ccc(CC)cc2F)cc1.CO. The molecule has 25 heavy (non-hydrogen) atoms. The van der Waals surface area contributed by atoms with E-state index in [-0.39, 0.29) is 5.82 Å². The van der Waals surface area contributed by atoms with Crippen LogP contribution in [-0.4, -0.2) is 12.2 Å². The van der Waals surface area contributed by atoms with Gasteiger partial charge < -0.3 is 10.8 Å². The Balaban J connectivity index is 0.00000151. The molecule has 0 saturated carbocycles. The smallest absolute Gasteiger partial charge is 0.128 e. The zero-order valence-corrected chi connectivity index (χ0v) is 16.3. The second kappa shape index (κ2) is 9.92. The lowest BCUT2D eigenvalue weighted by atomic mass is 9.81. The molecule has 4 N–H and O–H groups in total. The molecule has 0 aliphatic rings. The monoisotopic (exact) mass is 364 g/mol. The highest BCUT2D eigenvalue weighted by Gasteiger charge is 2.36. The van der Waals surface area contributed by atoms with Crippen molar-refractivity contribution in [3.63, 3.8) is 0 Å². The highest BCUT2D eigenvalue weighted by molar-refractivity contribution is 7.78. The van der Waals surface area contributed by atoms with Crippen molar-refractivity contribution in [1.82, 2.24) is 4.72 Å². The summed E-state index contributed by atoms with van der Waals surface area (Å²) in [5.74, 6) is -0.256. The fourth-order valence-electron chi connectivity index (χ4n) is 2.79. The van der Waals surface area contributed by atoms with Crippen molar-refractivity contribution in [3.05, 3.63) is 70.5 Å². The lowest BCUT2D eigenvalue weighted by molar-refractivity contribution is 0.353. The van der Waals surface area contributed by atoms with Gasteiger partial charge in [-0.15, -0.1) is 0 Å². The topological polar surface area (TPSA) is 58.3 Å². The molecule has 0 bridgehead atoms. The molecule has 0 aliphatic heterocycles. The van der Waals surface area contributed by atoms with Gasteiger partial charge in [0.05, 0.1) is 11.6 Å². The lowest BCUT2D eigenvalue weighted by Crippen LogP contribution is -2.45. The Morgan fingerprint density at radius 2 is 1.60 bits per heavy atom. The molecular weight excluding hydrogens is 335 g/mol. The Labute approximate surface area is 156 Å². The first-order valence-electron chi connectivity index (χ1n) is 8.45. The van der Waals surface area contributed by atoms with Crippen LogP contribution in [0.4, 0.5) is 4.39 Å². The van der Waals surface area contributed by atoms with E-state index in [0.29, 0.717) is 5.56 Å². The van der Waals surface area contributed by atoms with E-state index in [9.17, 15) is 4.39 Å². The summed E-state index contributed by atoms with van der Waals surface area (Å²) in [6.45, 7) is 5.99. The fourth-order valence-corrected chi connectivity index (χ4v) is 3.05. The summed E-state index contributed by atoms with van der Waals surface area (Å²) in [6.07, 6.45) is 1.78. The van der Waals surface area contributed by atoms with Crippen molar-refractivity contribution in [1.29, 1.82) is 0 Å². The van der Waals surface area contributed by atoms with Gasteiger partial charge in [0.1, 0.15) is 5.82 Å². The number of aryl methyl sites for hydroxylation is 2. The van der Waals surface area contributed by atoms with Crippen LogP contribution in [-0.2, 0) is 18.4 Å². The molecule has 5 heteroatoms. The average Bonchev–Trinajstić information content (AvgIpc) is 2.68. The number of thiol groups is 1. The predicted octanol–water partition coefficient (Wildman–Crippen LogP) is 3.91. The third-order valence-corrected chi connectivity index (χ3v) is 5.07. The third-order valence-electron chi connectivity index (χ3n) is 4.60. The average molecular weight is 365 g/mol. The van der Waals surface area contributed by atoms with Gasteiger partial charge in [0.25, 0.3) is 0 Å². The Morgan fingerprint density at radius 3 is 2.04 bits per heavy atom. The zero-order valence-electron chi connectivity index (χ0n) is 15.4. The van der Waals surface area contributed by atoms with E-state index in [1.165, 1.54) is 5.56 Å². The number of hydrogen-bond donors (Lipinski definition) is 4. The van der Waals surface area contributed by atoms with E-state index in [0.717, 1.165) is 31.1 Å². The summed E-state index contributed by atoms with van der Waals surface area (Å²) >= 11 is 4.24. The van der Waals surface area contributed by atoms with Gasteiger partial charge >= 0.3 is 0 Å². The Bertz CT molecular complexity index is 663. The molecule has 138 valence electrons. The molecule has 0 spiro atoms. The standard InChI is InChI=1S/C19H25FN2S.CH4O/c1-4-13-6-9-15(10-7-13)18(21)19(3,22-23)16-11-8-14(5-2)12-17(16)20;1-2/h6-12,18,22-23H,4-5,21H2,1-3H3;2H,1H3. The van der Waals surface area contributed by atoms with Gasteiger partial charge in [-0.1, -0.05) is 63.1 Å². The molecule has 2 rings (SSSR count). The molecule has 2 atom stereocenters. The van der Waals surface area contributed by atoms with Crippen molar-refractivity contribution in [2.75, 3.05) is 7.11 Å². The summed E-state index contributed by atoms with van der Waals surface area (Å²) < 4.78 is 17.5. The second-order valence-corrected chi connectivity index (χ2v) is 6.28. The van der Waals surface area contributed by atoms with Gasteiger partial charge in [-0.3, -0.25) is 4.72 Å². The maximum atomic E-state index is 14.6. The Morgan fingerprint density at radius 1 is 1.08 bits per heavy atom. The Kier molecular flexibility index (Phi) is 8.59. The summed E-state index contributed by atoms with van der Waals surface area (Å²) in [5, 5.41) is 7.00. The lowest BCUT2D eigenvalue weighted by Gasteiger charge is -2.36. The fraction of sp³-hybridized carbons (Fsp3) is 0.400. The number of hydrogen-bond acceptors (Lipinski definition) is 4. The molecule has 0 aliphatic carbocycles. The number of aliphatic hydroxyl groups is 1. The minimum atomic E-state index is -0.812. The van der Waals surface area contributed by atoms with Gasteiger partial charge in [-0.2, -0.15) is 0 Å². The van der Waals surface area contributed by atoms with Crippen LogP contribution >= 0.6 is 12.8 Å². The quantitative estimate of drug-likeness (QED) is 0.588. The molecule has 3 nitrogen and oxygen atoms in total. The predicted molar refractivity (Wildman–Crippen MR) is 106 cm³/mol. The van der Waals surface area contributed by atoms with Crippen molar-refractivity contribution in [2.45, 2.75) is 45.2 Å². The number of benzene rings is 2. The largest absolute Gasteiger partial charge is 0.400 e. The maximum Gasteiger partial charge on any atom is 0.128 e. The van der Waals surface area contributed by atoms with Crippen LogP contribution in [0.3, 0.4) is 0 Å².